The Hall–Kier alpha value is -0.440. The van der Waals surface area contributed by atoms with E-state index in [2.05, 4.69) is 15.9 Å². The van der Waals surface area contributed by atoms with E-state index in [-0.39, 0.29) is 11.4 Å². The van der Waals surface area contributed by atoms with Gasteiger partial charge in [-0.2, -0.15) is 4.31 Å². The van der Waals surface area contributed by atoms with E-state index in [1.54, 1.807) is 31.3 Å². The van der Waals surface area contributed by atoms with Crippen molar-refractivity contribution in [3.8, 4) is 0 Å². The maximum atomic E-state index is 12.6. The Labute approximate surface area is 141 Å². The summed E-state index contributed by atoms with van der Waals surface area (Å²) in [5.41, 5.74) is 6.39. The lowest BCUT2D eigenvalue weighted by molar-refractivity contribution is 0.466. The van der Waals surface area contributed by atoms with Crippen LogP contribution >= 0.6 is 38.9 Å². The SMILES string of the molecule is CN(Cc1cccc(Cl)c1)S(=O)(=O)c1cc(CN)sc1Br. The fraction of sp³-hybridized carbons (Fsp3) is 0.231. The Bertz CT molecular complexity index is 746. The summed E-state index contributed by atoms with van der Waals surface area (Å²) in [5.74, 6) is 0. The van der Waals surface area contributed by atoms with E-state index in [9.17, 15) is 8.42 Å². The van der Waals surface area contributed by atoms with E-state index >= 15 is 0 Å². The molecule has 0 amide bonds. The van der Waals surface area contributed by atoms with Crippen LogP contribution in [0.1, 0.15) is 10.4 Å². The minimum Gasteiger partial charge on any atom is -0.326 e. The van der Waals surface area contributed by atoms with Gasteiger partial charge in [0.15, 0.2) is 0 Å². The molecule has 1 aromatic heterocycles. The Kier molecular flexibility index (Phi) is 5.45. The summed E-state index contributed by atoms with van der Waals surface area (Å²) in [6.07, 6.45) is 0. The molecule has 0 radical (unpaired) electrons. The van der Waals surface area contributed by atoms with Crippen LogP contribution in [0.3, 0.4) is 0 Å². The molecular weight excluding hydrogens is 396 g/mol. The van der Waals surface area contributed by atoms with E-state index in [0.717, 1.165) is 10.4 Å². The summed E-state index contributed by atoms with van der Waals surface area (Å²) in [4.78, 5) is 1.06. The summed E-state index contributed by atoms with van der Waals surface area (Å²) >= 11 is 10.5. The van der Waals surface area contributed by atoms with Crippen LogP contribution in [-0.4, -0.2) is 19.8 Å². The molecule has 0 spiro atoms. The second-order valence-corrected chi connectivity index (χ2v) is 9.35. The quantitative estimate of drug-likeness (QED) is 0.822. The maximum Gasteiger partial charge on any atom is 0.245 e. The Morgan fingerprint density at radius 3 is 2.67 bits per heavy atom. The van der Waals surface area contributed by atoms with Crippen molar-refractivity contribution >= 4 is 48.9 Å². The third-order valence-corrected chi connectivity index (χ3v) is 7.20. The van der Waals surface area contributed by atoms with Gasteiger partial charge in [-0.25, -0.2) is 8.42 Å². The molecule has 0 atom stereocenters. The van der Waals surface area contributed by atoms with Crippen LogP contribution in [0.2, 0.25) is 5.02 Å². The second-order valence-electron chi connectivity index (χ2n) is 4.45. The van der Waals surface area contributed by atoms with Crippen molar-refractivity contribution in [3.63, 3.8) is 0 Å². The topological polar surface area (TPSA) is 63.4 Å². The van der Waals surface area contributed by atoms with E-state index in [4.69, 9.17) is 17.3 Å². The molecule has 2 aromatic rings. The molecule has 21 heavy (non-hydrogen) atoms. The van der Waals surface area contributed by atoms with Crippen LogP contribution in [0, 0.1) is 0 Å². The molecule has 0 aliphatic carbocycles. The van der Waals surface area contributed by atoms with Crippen LogP contribution < -0.4 is 5.73 Å². The van der Waals surface area contributed by atoms with Gasteiger partial charge in [0.2, 0.25) is 10.0 Å². The third-order valence-electron chi connectivity index (χ3n) is 2.89. The van der Waals surface area contributed by atoms with Crippen LogP contribution in [0.4, 0.5) is 0 Å². The highest BCUT2D eigenvalue weighted by molar-refractivity contribution is 9.11. The van der Waals surface area contributed by atoms with Gasteiger partial charge in [0.1, 0.15) is 4.90 Å². The molecule has 0 saturated heterocycles. The van der Waals surface area contributed by atoms with Gasteiger partial charge in [0.25, 0.3) is 0 Å². The molecule has 114 valence electrons. The number of hydrogen-bond donors (Lipinski definition) is 1. The van der Waals surface area contributed by atoms with Crippen molar-refractivity contribution < 1.29 is 8.42 Å². The van der Waals surface area contributed by atoms with Gasteiger partial charge in [-0.15, -0.1) is 11.3 Å². The van der Waals surface area contributed by atoms with Crippen LogP contribution in [0.5, 0.6) is 0 Å². The van der Waals surface area contributed by atoms with Crippen molar-refractivity contribution in [2.75, 3.05) is 7.05 Å². The summed E-state index contributed by atoms with van der Waals surface area (Å²) < 4.78 is 27.1. The van der Waals surface area contributed by atoms with E-state index in [1.165, 1.54) is 15.6 Å². The number of thiophene rings is 1. The first-order valence-electron chi connectivity index (χ1n) is 6.03. The smallest absolute Gasteiger partial charge is 0.245 e. The summed E-state index contributed by atoms with van der Waals surface area (Å²) in [6.45, 7) is 0.569. The number of halogens is 2. The number of nitrogens with zero attached hydrogens (tertiary/aromatic N) is 1. The molecule has 4 nitrogen and oxygen atoms in total. The molecule has 8 heteroatoms. The molecule has 2 rings (SSSR count). The summed E-state index contributed by atoms with van der Waals surface area (Å²) in [7, 11) is -2.03. The number of hydrogen-bond acceptors (Lipinski definition) is 4. The van der Waals surface area contributed by atoms with Crippen LogP contribution in [0.25, 0.3) is 0 Å². The van der Waals surface area contributed by atoms with Gasteiger partial charge in [-0.3, -0.25) is 0 Å². The molecule has 1 aromatic carbocycles. The molecule has 0 fully saturated rings. The van der Waals surface area contributed by atoms with E-state index in [0.29, 0.717) is 15.4 Å². The zero-order valence-electron chi connectivity index (χ0n) is 11.2. The normalized spacial score (nSPS) is 12.0. The lowest BCUT2D eigenvalue weighted by atomic mass is 10.2. The zero-order valence-corrected chi connectivity index (χ0v) is 15.2. The highest BCUT2D eigenvalue weighted by atomic mass is 79.9. The second kappa shape index (κ2) is 6.76. The zero-order chi connectivity index (χ0) is 15.6. The summed E-state index contributed by atoms with van der Waals surface area (Å²) in [5, 5.41) is 0.584. The predicted octanol–water partition coefficient (Wildman–Crippen LogP) is 3.44. The minimum absolute atomic E-state index is 0.248. The minimum atomic E-state index is -3.57. The highest BCUT2D eigenvalue weighted by Gasteiger charge is 2.25. The third kappa shape index (κ3) is 3.85. The van der Waals surface area contributed by atoms with E-state index < -0.39 is 10.0 Å². The van der Waals surface area contributed by atoms with Gasteiger partial charge in [-0.05, 0) is 39.7 Å². The van der Waals surface area contributed by atoms with Gasteiger partial charge in [-0.1, -0.05) is 23.7 Å². The molecule has 0 bridgehead atoms. The Morgan fingerprint density at radius 2 is 2.10 bits per heavy atom. The van der Waals surface area contributed by atoms with Crippen molar-refractivity contribution in [1.82, 2.24) is 4.31 Å². The molecule has 1 heterocycles. The number of nitrogens with two attached hydrogens (primary N) is 1. The van der Waals surface area contributed by atoms with Gasteiger partial charge in [0.05, 0.1) is 3.79 Å². The average Bonchev–Trinajstić information content (AvgIpc) is 2.80. The molecule has 2 N–H and O–H groups in total. The number of rotatable bonds is 5. The summed E-state index contributed by atoms with van der Waals surface area (Å²) in [6, 6.07) is 8.75. The lowest BCUT2D eigenvalue weighted by Gasteiger charge is -2.17. The van der Waals surface area contributed by atoms with Gasteiger partial charge in [0, 0.05) is 30.0 Å². The van der Waals surface area contributed by atoms with Crippen molar-refractivity contribution in [1.29, 1.82) is 0 Å². The van der Waals surface area contributed by atoms with Crippen LogP contribution in [0.15, 0.2) is 39.0 Å². The maximum absolute atomic E-state index is 12.6. The number of benzene rings is 1. The predicted molar refractivity (Wildman–Crippen MR) is 90.0 cm³/mol. The van der Waals surface area contributed by atoms with Crippen molar-refractivity contribution in [2.45, 2.75) is 18.0 Å². The first-order chi connectivity index (χ1) is 9.84. The molecular formula is C13H14BrClN2O2S2. The fourth-order valence-corrected chi connectivity index (χ4v) is 5.70. The monoisotopic (exact) mass is 408 g/mol. The molecule has 0 saturated carbocycles. The Balaban J connectivity index is 2.28. The highest BCUT2D eigenvalue weighted by Crippen LogP contribution is 2.33. The van der Waals surface area contributed by atoms with Gasteiger partial charge >= 0.3 is 0 Å². The standard InChI is InChI=1S/C13H14BrClN2O2S2/c1-17(8-9-3-2-4-10(15)5-9)21(18,19)12-6-11(7-16)20-13(12)14/h2-6H,7-8,16H2,1H3. The Morgan fingerprint density at radius 1 is 1.38 bits per heavy atom. The largest absolute Gasteiger partial charge is 0.326 e. The fourth-order valence-electron chi connectivity index (χ4n) is 1.82. The number of sulfonamides is 1. The average molecular weight is 410 g/mol. The van der Waals surface area contributed by atoms with Crippen molar-refractivity contribution in [3.05, 3.63) is 49.6 Å². The van der Waals surface area contributed by atoms with Gasteiger partial charge < -0.3 is 5.73 Å². The first-order valence-corrected chi connectivity index (χ1v) is 9.46. The molecule has 0 aliphatic heterocycles. The lowest BCUT2D eigenvalue weighted by Crippen LogP contribution is -2.26. The first kappa shape index (κ1) is 16.9. The van der Waals surface area contributed by atoms with Crippen LogP contribution in [-0.2, 0) is 23.1 Å². The molecule has 0 unspecified atom stereocenters. The van der Waals surface area contributed by atoms with E-state index in [1.807, 2.05) is 6.07 Å². The molecule has 0 aliphatic rings. The van der Waals surface area contributed by atoms with Crippen molar-refractivity contribution in [2.24, 2.45) is 5.73 Å².